The van der Waals surface area contributed by atoms with Crippen molar-refractivity contribution in [1.29, 1.82) is 0 Å². The Bertz CT molecular complexity index is 177. The normalized spacial score (nSPS) is 32.6. The molecule has 0 radical (unpaired) electrons. The van der Waals surface area contributed by atoms with Gasteiger partial charge in [-0.25, -0.2) is 0 Å². The largest absolute Gasteiger partial charge is 0.311 e. The molecule has 2 nitrogen and oxygen atoms in total. The highest BCUT2D eigenvalue weighted by molar-refractivity contribution is 4.84. The summed E-state index contributed by atoms with van der Waals surface area (Å²) in [6.45, 7) is 4.97. The molecule has 1 aliphatic heterocycles. The Morgan fingerprint density at radius 2 is 2.00 bits per heavy atom. The van der Waals surface area contributed by atoms with Gasteiger partial charge in [-0.05, 0) is 52.1 Å². The quantitative estimate of drug-likeness (QED) is 0.741. The number of nitrogens with zero attached hydrogens (tertiary/aromatic N) is 1. The Morgan fingerprint density at radius 1 is 1.21 bits per heavy atom. The smallest absolute Gasteiger partial charge is 0.00818 e. The fourth-order valence-electron chi connectivity index (χ4n) is 2.70. The first-order valence-electron chi connectivity index (χ1n) is 6.20. The lowest BCUT2D eigenvalue weighted by atomic mass is 9.88. The zero-order valence-corrected chi connectivity index (χ0v) is 9.63. The van der Waals surface area contributed by atoms with Gasteiger partial charge in [0.25, 0.3) is 0 Å². The van der Waals surface area contributed by atoms with Gasteiger partial charge in [-0.15, -0.1) is 0 Å². The van der Waals surface area contributed by atoms with Gasteiger partial charge < -0.3 is 10.2 Å². The minimum Gasteiger partial charge on any atom is -0.311 e. The number of hydrogen-bond acceptors (Lipinski definition) is 2. The second-order valence-electron chi connectivity index (χ2n) is 5.25. The Labute approximate surface area is 88.1 Å². The topological polar surface area (TPSA) is 15.3 Å². The van der Waals surface area contributed by atoms with Gasteiger partial charge >= 0.3 is 0 Å². The molecule has 2 aliphatic rings. The van der Waals surface area contributed by atoms with Gasteiger partial charge in [0, 0.05) is 18.6 Å². The molecular formula is C12H24N2. The van der Waals surface area contributed by atoms with Crippen LogP contribution in [0.2, 0.25) is 0 Å². The molecule has 14 heavy (non-hydrogen) atoms. The van der Waals surface area contributed by atoms with Crippen LogP contribution in [-0.4, -0.2) is 37.1 Å². The molecule has 1 saturated carbocycles. The van der Waals surface area contributed by atoms with E-state index in [0.717, 1.165) is 18.0 Å². The summed E-state index contributed by atoms with van der Waals surface area (Å²) in [6.07, 6.45) is 7.07. The fraction of sp³-hybridized carbons (Fsp3) is 1.00. The summed E-state index contributed by atoms with van der Waals surface area (Å²) in [5.41, 5.74) is 0. The molecule has 2 heteroatoms. The Morgan fingerprint density at radius 3 is 2.57 bits per heavy atom. The lowest BCUT2D eigenvalue weighted by molar-refractivity contribution is 0.162. The third kappa shape index (κ3) is 2.48. The standard InChI is InChI=1S/C12H24N2/c1-10(13-12-6-3-7-12)11-5-4-8-14(2)9-11/h10-13H,3-9H2,1-2H3. The third-order valence-electron chi connectivity index (χ3n) is 3.97. The van der Waals surface area contributed by atoms with E-state index in [1.807, 2.05) is 0 Å². The molecule has 2 fully saturated rings. The molecule has 1 aliphatic carbocycles. The number of rotatable bonds is 3. The van der Waals surface area contributed by atoms with Crippen LogP contribution in [0.5, 0.6) is 0 Å². The van der Waals surface area contributed by atoms with Gasteiger partial charge in [0.1, 0.15) is 0 Å². The summed E-state index contributed by atoms with van der Waals surface area (Å²) < 4.78 is 0. The zero-order valence-electron chi connectivity index (χ0n) is 9.63. The molecule has 0 spiro atoms. The average Bonchev–Trinajstić information content (AvgIpc) is 2.11. The summed E-state index contributed by atoms with van der Waals surface area (Å²) in [4.78, 5) is 2.48. The van der Waals surface area contributed by atoms with E-state index in [-0.39, 0.29) is 0 Å². The van der Waals surface area contributed by atoms with Crippen molar-refractivity contribution in [2.24, 2.45) is 5.92 Å². The summed E-state index contributed by atoms with van der Waals surface area (Å²) in [6, 6.07) is 1.57. The maximum absolute atomic E-state index is 3.78. The molecule has 0 aromatic heterocycles. The van der Waals surface area contributed by atoms with Crippen LogP contribution in [0.25, 0.3) is 0 Å². The third-order valence-corrected chi connectivity index (χ3v) is 3.97. The highest BCUT2D eigenvalue weighted by Crippen LogP contribution is 2.23. The van der Waals surface area contributed by atoms with Crippen molar-refractivity contribution < 1.29 is 0 Å². The van der Waals surface area contributed by atoms with Crippen LogP contribution in [0, 0.1) is 5.92 Å². The van der Waals surface area contributed by atoms with E-state index in [9.17, 15) is 0 Å². The maximum atomic E-state index is 3.78. The molecule has 0 aromatic carbocycles. The lowest BCUT2D eigenvalue weighted by Crippen LogP contribution is -2.48. The number of piperidine rings is 1. The van der Waals surface area contributed by atoms with Crippen molar-refractivity contribution in [1.82, 2.24) is 10.2 Å². The van der Waals surface area contributed by atoms with Crippen molar-refractivity contribution in [3.05, 3.63) is 0 Å². The Balaban J connectivity index is 1.74. The molecule has 0 bridgehead atoms. The summed E-state index contributed by atoms with van der Waals surface area (Å²) in [5, 5.41) is 3.78. The molecule has 2 atom stereocenters. The molecule has 2 unspecified atom stereocenters. The van der Waals surface area contributed by atoms with E-state index in [1.54, 1.807) is 0 Å². The molecule has 1 saturated heterocycles. The number of hydrogen-bond donors (Lipinski definition) is 1. The molecule has 1 N–H and O–H groups in total. The summed E-state index contributed by atoms with van der Waals surface area (Å²) in [7, 11) is 2.25. The lowest BCUT2D eigenvalue weighted by Gasteiger charge is -2.37. The Hall–Kier alpha value is -0.0800. The van der Waals surface area contributed by atoms with E-state index >= 15 is 0 Å². The van der Waals surface area contributed by atoms with E-state index in [4.69, 9.17) is 0 Å². The zero-order chi connectivity index (χ0) is 9.97. The van der Waals surface area contributed by atoms with Crippen molar-refractivity contribution in [2.75, 3.05) is 20.1 Å². The first kappa shape index (κ1) is 10.4. The molecule has 0 aromatic rings. The van der Waals surface area contributed by atoms with Gasteiger partial charge in [-0.1, -0.05) is 6.42 Å². The van der Waals surface area contributed by atoms with E-state index < -0.39 is 0 Å². The highest BCUT2D eigenvalue weighted by atomic mass is 15.1. The first-order chi connectivity index (χ1) is 6.75. The van der Waals surface area contributed by atoms with Crippen molar-refractivity contribution in [2.45, 2.75) is 51.1 Å². The molecule has 2 rings (SSSR count). The molecular weight excluding hydrogens is 172 g/mol. The van der Waals surface area contributed by atoms with Gasteiger partial charge in [-0.2, -0.15) is 0 Å². The van der Waals surface area contributed by atoms with Crippen molar-refractivity contribution in [3.8, 4) is 0 Å². The SMILES string of the molecule is CC(NC1CCC1)C1CCCN(C)C1. The predicted octanol–water partition coefficient (Wildman–Crippen LogP) is 1.86. The average molecular weight is 196 g/mol. The van der Waals surface area contributed by atoms with E-state index in [2.05, 4.69) is 24.2 Å². The van der Waals surface area contributed by atoms with Crippen molar-refractivity contribution in [3.63, 3.8) is 0 Å². The minimum atomic E-state index is 0.725. The Kier molecular flexibility index (Phi) is 3.45. The van der Waals surface area contributed by atoms with Crippen LogP contribution in [0.4, 0.5) is 0 Å². The van der Waals surface area contributed by atoms with Crippen molar-refractivity contribution >= 4 is 0 Å². The maximum Gasteiger partial charge on any atom is 0.00818 e. The van der Waals surface area contributed by atoms with Crippen LogP contribution in [0.1, 0.15) is 39.0 Å². The van der Waals surface area contributed by atoms with Gasteiger partial charge in [-0.3, -0.25) is 0 Å². The van der Waals surface area contributed by atoms with Gasteiger partial charge in [0.15, 0.2) is 0 Å². The predicted molar refractivity (Wildman–Crippen MR) is 60.5 cm³/mol. The van der Waals surface area contributed by atoms with Gasteiger partial charge in [0.2, 0.25) is 0 Å². The highest BCUT2D eigenvalue weighted by Gasteiger charge is 2.26. The van der Waals surface area contributed by atoms with E-state index in [1.165, 1.54) is 45.2 Å². The second kappa shape index (κ2) is 4.63. The molecule has 0 amide bonds. The van der Waals surface area contributed by atoms with Crippen LogP contribution in [-0.2, 0) is 0 Å². The fourth-order valence-corrected chi connectivity index (χ4v) is 2.70. The van der Waals surface area contributed by atoms with Crippen LogP contribution < -0.4 is 5.32 Å². The van der Waals surface area contributed by atoms with Crippen LogP contribution >= 0.6 is 0 Å². The van der Waals surface area contributed by atoms with Crippen LogP contribution in [0.3, 0.4) is 0 Å². The monoisotopic (exact) mass is 196 g/mol. The van der Waals surface area contributed by atoms with E-state index in [0.29, 0.717) is 0 Å². The summed E-state index contributed by atoms with van der Waals surface area (Å²) in [5.74, 6) is 0.884. The number of nitrogens with one attached hydrogen (secondary N) is 1. The molecule has 1 heterocycles. The minimum absolute atomic E-state index is 0.725. The number of likely N-dealkylation sites (tertiary alicyclic amines) is 1. The van der Waals surface area contributed by atoms with Crippen LogP contribution in [0.15, 0.2) is 0 Å². The van der Waals surface area contributed by atoms with Gasteiger partial charge in [0.05, 0.1) is 0 Å². The first-order valence-corrected chi connectivity index (χ1v) is 6.20. The molecule has 82 valence electrons. The summed E-state index contributed by atoms with van der Waals surface area (Å²) >= 11 is 0. The second-order valence-corrected chi connectivity index (χ2v) is 5.25.